The van der Waals surface area contributed by atoms with Gasteiger partial charge in [0.25, 0.3) is 5.91 Å². The summed E-state index contributed by atoms with van der Waals surface area (Å²) in [7, 11) is 0. The highest BCUT2D eigenvalue weighted by Gasteiger charge is 2.26. The minimum Gasteiger partial charge on any atom is -0.503 e. The van der Waals surface area contributed by atoms with Crippen molar-refractivity contribution >= 4 is 35.7 Å². The molecule has 0 saturated carbocycles. The quantitative estimate of drug-likeness (QED) is 0.122. The Morgan fingerprint density at radius 2 is 2.42 bits per heavy atom. The van der Waals surface area contributed by atoms with Gasteiger partial charge >= 0.3 is 0 Å². The third-order valence-electron chi connectivity index (χ3n) is 3.08. The van der Waals surface area contributed by atoms with Crippen molar-refractivity contribution in [2.45, 2.75) is 18.5 Å². The second-order valence-corrected chi connectivity index (χ2v) is 5.87. The number of aromatic nitrogens is 1. The zero-order chi connectivity index (χ0) is 19.3. The number of hydrogen-bond donors (Lipinski definition) is 5. The number of nitrogens with two attached hydrogens (primary N) is 1. The molecule has 140 valence electrons. The summed E-state index contributed by atoms with van der Waals surface area (Å²) < 4.78 is 3.20. The average Bonchev–Trinajstić information content (AvgIpc) is 3.02. The van der Waals surface area contributed by atoms with Crippen LogP contribution in [0.1, 0.15) is 18.7 Å². The maximum Gasteiger partial charge on any atom is 0.277 e. The summed E-state index contributed by atoms with van der Waals surface area (Å²) >= 11 is 1.04. The molecule has 0 saturated heterocycles. The molecule has 2 atom stereocenters. The van der Waals surface area contributed by atoms with E-state index in [9.17, 15) is 24.7 Å². The molecule has 0 aliphatic carbocycles. The number of carbonyl (C=O) groups is 2. The number of carbonyl (C=O) groups excluding carboxylic acids is 2. The summed E-state index contributed by atoms with van der Waals surface area (Å²) in [5.74, 6) is -1.33. The number of amides is 1. The molecule has 0 radical (unpaired) electrons. The fourth-order valence-electron chi connectivity index (χ4n) is 1.83. The molecule has 1 amide bonds. The molecule has 0 bridgehead atoms. The average molecular weight is 384 g/mol. The van der Waals surface area contributed by atoms with Crippen molar-refractivity contribution in [2.24, 2.45) is 15.9 Å². The Morgan fingerprint density at radius 3 is 3.04 bits per heavy atom. The zero-order valence-corrected chi connectivity index (χ0v) is 14.3. The molecule has 1 aliphatic rings. The summed E-state index contributed by atoms with van der Waals surface area (Å²) in [6.07, 6.45) is 0.326. The van der Waals surface area contributed by atoms with Crippen LogP contribution in [0, 0.1) is 0 Å². The molecule has 26 heavy (non-hydrogen) atoms. The number of nitrogens with zero attached hydrogens (tertiary/aromatic N) is 3. The number of pyridine rings is 1. The lowest BCUT2D eigenvalue weighted by Gasteiger charge is -2.14. The molecule has 2 unspecified atom stereocenters. The van der Waals surface area contributed by atoms with Gasteiger partial charge in [0.1, 0.15) is 12.0 Å². The van der Waals surface area contributed by atoms with Crippen LogP contribution in [0.5, 0.6) is 5.75 Å². The Kier molecular flexibility index (Phi) is 6.19. The number of hydrogen-bond acceptors (Lipinski definition) is 11. The Morgan fingerprint density at radius 1 is 1.69 bits per heavy atom. The minimum atomic E-state index is -0.967. The van der Waals surface area contributed by atoms with E-state index in [4.69, 9.17) is 10.6 Å². The molecule has 6 N–H and O–H groups in total. The maximum absolute atomic E-state index is 12.1. The van der Waals surface area contributed by atoms with Crippen molar-refractivity contribution in [1.29, 1.82) is 0 Å². The SMILES string of the molecule is CC(O/N=C(\C(=O)NCC=O)C1=NC(N)SN1)c1cc(=O)c(O)cn1O. The lowest BCUT2D eigenvalue weighted by molar-refractivity contribution is -0.117. The number of aromatic hydroxyl groups is 1. The van der Waals surface area contributed by atoms with Crippen LogP contribution >= 0.6 is 11.9 Å². The normalized spacial score (nSPS) is 17.8. The fourth-order valence-corrected chi connectivity index (χ4v) is 2.37. The first-order valence-corrected chi connectivity index (χ1v) is 8.07. The Labute approximate surface area is 150 Å². The monoisotopic (exact) mass is 384 g/mol. The smallest absolute Gasteiger partial charge is 0.277 e. The molecular formula is C13H16N6O6S. The van der Waals surface area contributed by atoms with Gasteiger partial charge in [-0.15, -0.1) is 0 Å². The topological polar surface area (TPSA) is 181 Å². The van der Waals surface area contributed by atoms with E-state index in [2.05, 4.69) is 20.2 Å². The fraction of sp³-hybridized carbons (Fsp3) is 0.308. The van der Waals surface area contributed by atoms with E-state index in [-0.39, 0.29) is 23.8 Å². The summed E-state index contributed by atoms with van der Waals surface area (Å²) in [5.41, 5.74) is 3.93. The number of rotatable bonds is 7. The van der Waals surface area contributed by atoms with Gasteiger partial charge in [0.05, 0.1) is 12.7 Å². The third kappa shape index (κ3) is 4.52. The minimum absolute atomic E-state index is 0.0170. The van der Waals surface area contributed by atoms with Gasteiger partial charge in [0.15, 0.2) is 23.2 Å². The highest BCUT2D eigenvalue weighted by molar-refractivity contribution is 7.98. The van der Waals surface area contributed by atoms with Gasteiger partial charge in [-0.1, -0.05) is 5.16 Å². The molecule has 2 rings (SSSR count). The van der Waals surface area contributed by atoms with Crippen molar-refractivity contribution in [3.05, 3.63) is 28.2 Å². The number of aliphatic imine (C=N–C) groups is 1. The Hall–Kier alpha value is -3.06. The first-order valence-electron chi connectivity index (χ1n) is 7.19. The van der Waals surface area contributed by atoms with Gasteiger partial charge in [0.2, 0.25) is 11.1 Å². The van der Waals surface area contributed by atoms with Crippen LogP contribution in [0.2, 0.25) is 0 Å². The van der Waals surface area contributed by atoms with Crippen LogP contribution in [0.3, 0.4) is 0 Å². The first-order chi connectivity index (χ1) is 12.3. The van der Waals surface area contributed by atoms with E-state index in [1.807, 2.05) is 0 Å². The van der Waals surface area contributed by atoms with Crippen LogP contribution in [-0.4, -0.2) is 50.8 Å². The Balaban J connectivity index is 2.25. The van der Waals surface area contributed by atoms with Gasteiger partial charge in [-0.25, -0.2) is 4.99 Å². The number of oxime groups is 1. The van der Waals surface area contributed by atoms with Crippen LogP contribution in [0.25, 0.3) is 0 Å². The summed E-state index contributed by atoms with van der Waals surface area (Å²) in [6.45, 7) is 1.21. The standard InChI is InChI=1S/C13H16N6O6S/c1-6(7-4-8(21)9(22)5-19(7)24)25-17-10(12(23)15-2-3-20)11-16-13(14)26-18-11/h3-6,13,22,24H,2,14H2,1H3,(H,15,23)(H,16,18)/b17-10-. The van der Waals surface area contributed by atoms with Crippen molar-refractivity contribution in [2.75, 3.05) is 6.54 Å². The van der Waals surface area contributed by atoms with Crippen molar-refractivity contribution < 1.29 is 24.7 Å². The number of aldehydes is 1. The molecule has 2 heterocycles. The zero-order valence-electron chi connectivity index (χ0n) is 13.4. The molecule has 1 aromatic heterocycles. The third-order valence-corrected chi connectivity index (χ3v) is 3.74. The second-order valence-electron chi connectivity index (χ2n) is 4.94. The van der Waals surface area contributed by atoms with E-state index in [0.29, 0.717) is 11.0 Å². The highest BCUT2D eigenvalue weighted by Crippen LogP contribution is 2.17. The van der Waals surface area contributed by atoms with Crippen molar-refractivity contribution in [3.63, 3.8) is 0 Å². The van der Waals surface area contributed by atoms with Gasteiger partial charge in [-0.2, -0.15) is 4.73 Å². The molecule has 1 aromatic rings. The van der Waals surface area contributed by atoms with E-state index in [1.54, 1.807) is 0 Å². The van der Waals surface area contributed by atoms with E-state index in [1.165, 1.54) is 6.92 Å². The molecular weight excluding hydrogens is 368 g/mol. The van der Waals surface area contributed by atoms with Crippen molar-refractivity contribution in [1.82, 2.24) is 14.8 Å². The van der Waals surface area contributed by atoms with Gasteiger partial charge in [-0.3, -0.25) is 15.3 Å². The largest absolute Gasteiger partial charge is 0.503 e. The second kappa shape index (κ2) is 8.35. The van der Waals surface area contributed by atoms with Crippen LogP contribution in [0.4, 0.5) is 0 Å². The summed E-state index contributed by atoms with van der Waals surface area (Å²) in [6, 6.07) is 0.957. The van der Waals surface area contributed by atoms with E-state index >= 15 is 0 Å². The summed E-state index contributed by atoms with van der Waals surface area (Å²) in [5, 5.41) is 25.0. The lowest BCUT2D eigenvalue weighted by Crippen LogP contribution is -2.40. The van der Waals surface area contributed by atoms with Gasteiger partial charge < -0.3 is 30.0 Å². The molecule has 0 aromatic carbocycles. The van der Waals surface area contributed by atoms with E-state index < -0.39 is 28.7 Å². The highest BCUT2D eigenvalue weighted by atomic mass is 32.2. The summed E-state index contributed by atoms with van der Waals surface area (Å²) in [4.78, 5) is 43.2. The Bertz CT molecular complexity index is 822. The first kappa shape index (κ1) is 19.3. The maximum atomic E-state index is 12.1. The molecule has 1 aliphatic heterocycles. The predicted octanol–water partition coefficient (Wildman–Crippen LogP) is -1.57. The van der Waals surface area contributed by atoms with Crippen LogP contribution in [0.15, 0.2) is 27.2 Å². The van der Waals surface area contributed by atoms with E-state index in [0.717, 1.165) is 24.2 Å². The van der Waals surface area contributed by atoms with Crippen molar-refractivity contribution in [3.8, 4) is 5.75 Å². The van der Waals surface area contributed by atoms with Gasteiger partial charge in [-0.05, 0) is 18.9 Å². The molecule has 12 nitrogen and oxygen atoms in total. The molecule has 0 spiro atoms. The lowest BCUT2D eigenvalue weighted by atomic mass is 10.2. The number of amidine groups is 1. The molecule has 0 fully saturated rings. The van der Waals surface area contributed by atoms with Crippen LogP contribution < -0.4 is 21.2 Å². The number of nitrogens with one attached hydrogen (secondary N) is 2. The molecule has 13 heteroatoms. The van der Waals surface area contributed by atoms with Crippen LogP contribution in [-0.2, 0) is 14.4 Å². The predicted molar refractivity (Wildman–Crippen MR) is 91.7 cm³/mol. The van der Waals surface area contributed by atoms with Gasteiger partial charge in [0, 0.05) is 6.07 Å².